The molecule has 3 aromatic carbocycles. The van der Waals surface area contributed by atoms with Crippen LogP contribution < -0.4 is 5.32 Å². The number of halogens is 2. The standard InChI is InChI=1S/C26H20Cl2N4O2/c1-16-22(25-30-24(31-34-25)18-6-3-2-4-7-18)23(19-8-5-9-21(28)14-19)29-26(33)32(16)15-17-10-12-20(27)13-11-17/h2-14,23H,15H2,1H3,(H,29,33). The molecule has 8 heteroatoms. The third-order valence-corrected chi connectivity index (χ3v) is 6.21. The average Bonchev–Trinajstić information content (AvgIpc) is 3.33. The van der Waals surface area contributed by atoms with Crippen molar-refractivity contribution in [1.29, 1.82) is 0 Å². The number of nitrogens with zero attached hydrogens (tertiary/aromatic N) is 3. The number of urea groups is 1. The Morgan fingerprint density at radius 3 is 2.47 bits per heavy atom. The highest BCUT2D eigenvalue weighted by Gasteiger charge is 2.35. The Balaban J connectivity index is 1.60. The minimum atomic E-state index is -0.503. The average molecular weight is 491 g/mol. The van der Waals surface area contributed by atoms with Crippen molar-refractivity contribution >= 4 is 34.8 Å². The zero-order valence-corrected chi connectivity index (χ0v) is 19.7. The second kappa shape index (κ2) is 9.33. The van der Waals surface area contributed by atoms with Gasteiger partial charge in [-0.15, -0.1) is 0 Å². The Hall–Kier alpha value is -3.61. The van der Waals surface area contributed by atoms with Gasteiger partial charge in [-0.25, -0.2) is 4.79 Å². The number of amides is 2. The van der Waals surface area contributed by atoms with Crippen LogP contribution in [0.3, 0.4) is 0 Å². The third kappa shape index (κ3) is 4.42. The molecule has 34 heavy (non-hydrogen) atoms. The number of hydrogen-bond donors (Lipinski definition) is 1. The number of carbonyl (C=O) groups excluding carboxylic acids is 1. The Morgan fingerprint density at radius 2 is 1.74 bits per heavy atom. The number of aromatic nitrogens is 2. The molecule has 0 saturated heterocycles. The van der Waals surface area contributed by atoms with E-state index in [9.17, 15) is 4.79 Å². The van der Waals surface area contributed by atoms with Gasteiger partial charge in [0.15, 0.2) is 0 Å². The fourth-order valence-corrected chi connectivity index (χ4v) is 4.32. The van der Waals surface area contributed by atoms with Crippen molar-refractivity contribution < 1.29 is 9.32 Å². The number of hydrogen-bond acceptors (Lipinski definition) is 4. The first-order valence-electron chi connectivity index (χ1n) is 10.7. The molecule has 0 spiro atoms. The summed E-state index contributed by atoms with van der Waals surface area (Å²) in [6, 6.07) is 23.6. The van der Waals surface area contributed by atoms with Crippen LogP contribution in [0.25, 0.3) is 17.0 Å². The topological polar surface area (TPSA) is 71.3 Å². The zero-order chi connectivity index (χ0) is 23.7. The summed E-state index contributed by atoms with van der Waals surface area (Å²) < 4.78 is 5.71. The normalized spacial score (nSPS) is 16.0. The van der Waals surface area contributed by atoms with E-state index in [1.807, 2.05) is 67.6 Å². The highest BCUT2D eigenvalue weighted by molar-refractivity contribution is 6.30. The first-order valence-corrected chi connectivity index (χ1v) is 11.4. The first kappa shape index (κ1) is 22.2. The molecule has 0 aliphatic carbocycles. The molecule has 0 radical (unpaired) electrons. The zero-order valence-electron chi connectivity index (χ0n) is 18.2. The van der Waals surface area contributed by atoms with E-state index in [4.69, 9.17) is 27.7 Å². The van der Waals surface area contributed by atoms with Gasteiger partial charge in [0, 0.05) is 21.3 Å². The van der Waals surface area contributed by atoms with Crippen LogP contribution in [0, 0.1) is 0 Å². The lowest BCUT2D eigenvalue weighted by molar-refractivity contribution is 0.203. The summed E-state index contributed by atoms with van der Waals surface area (Å²) in [5, 5.41) is 8.48. The van der Waals surface area contributed by atoms with Gasteiger partial charge in [0.2, 0.25) is 5.82 Å². The summed E-state index contributed by atoms with van der Waals surface area (Å²) in [5.74, 6) is 0.810. The molecule has 1 unspecified atom stereocenters. The second-order valence-electron chi connectivity index (χ2n) is 7.94. The van der Waals surface area contributed by atoms with Gasteiger partial charge in [-0.1, -0.05) is 83.0 Å². The number of carbonyl (C=O) groups is 1. The molecule has 170 valence electrons. The van der Waals surface area contributed by atoms with Crippen LogP contribution in [0.4, 0.5) is 4.79 Å². The first-order chi connectivity index (χ1) is 16.5. The summed E-state index contributed by atoms with van der Waals surface area (Å²) in [7, 11) is 0. The number of benzene rings is 3. The summed E-state index contributed by atoms with van der Waals surface area (Å²) in [6.07, 6.45) is 0. The second-order valence-corrected chi connectivity index (χ2v) is 8.81. The minimum absolute atomic E-state index is 0.232. The lowest BCUT2D eigenvalue weighted by atomic mass is 9.94. The predicted octanol–water partition coefficient (Wildman–Crippen LogP) is 6.74. The van der Waals surface area contributed by atoms with Gasteiger partial charge in [-0.2, -0.15) is 4.98 Å². The predicted molar refractivity (Wildman–Crippen MR) is 132 cm³/mol. The van der Waals surface area contributed by atoms with E-state index >= 15 is 0 Å². The summed E-state index contributed by atoms with van der Waals surface area (Å²) in [6.45, 7) is 2.24. The van der Waals surface area contributed by atoms with Crippen LogP contribution in [0.15, 0.2) is 89.1 Å². The molecular formula is C26H20Cl2N4O2. The molecule has 1 atom stereocenters. The molecule has 5 rings (SSSR count). The van der Waals surface area contributed by atoms with Crippen LogP contribution >= 0.6 is 23.2 Å². The largest absolute Gasteiger partial charge is 0.334 e. The van der Waals surface area contributed by atoms with Gasteiger partial charge in [0.1, 0.15) is 0 Å². The van der Waals surface area contributed by atoms with E-state index in [0.717, 1.165) is 16.7 Å². The van der Waals surface area contributed by atoms with E-state index in [2.05, 4.69) is 15.5 Å². The van der Waals surface area contributed by atoms with Crippen molar-refractivity contribution in [2.24, 2.45) is 0 Å². The monoisotopic (exact) mass is 490 g/mol. The van der Waals surface area contributed by atoms with E-state index in [0.29, 0.717) is 39.6 Å². The minimum Gasteiger partial charge on any atom is -0.334 e. The maximum atomic E-state index is 13.2. The Labute approximate surface area is 206 Å². The molecule has 0 bridgehead atoms. The van der Waals surface area contributed by atoms with Crippen LogP contribution in [0.5, 0.6) is 0 Å². The lowest BCUT2D eigenvalue weighted by Gasteiger charge is -2.35. The number of nitrogens with one attached hydrogen (secondary N) is 1. The Kier molecular flexibility index (Phi) is 6.09. The summed E-state index contributed by atoms with van der Waals surface area (Å²) in [4.78, 5) is 19.5. The molecule has 1 N–H and O–H groups in total. The van der Waals surface area contributed by atoms with Gasteiger partial charge < -0.3 is 9.84 Å². The molecule has 0 fully saturated rings. The molecule has 2 heterocycles. The maximum Gasteiger partial charge on any atom is 0.322 e. The smallest absolute Gasteiger partial charge is 0.322 e. The van der Waals surface area contributed by atoms with Crippen molar-refractivity contribution in [2.75, 3.05) is 0 Å². The van der Waals surface area contributed by atoms with Gasteiger partial charge in [0.25, 0.3) is 5.89 Å². The van der Waals surface area contributed by atoms with E-state index < -0.39 is 6.04 Å². The SMILES string of the molecule is CC1=C(c2nc(-c3ccccc3)no2)C(c2cccc(Cl)c2)NC(=O)N1Cc1ccc(Cl)cc1. The van der Waals surface area contributed by atoms with Crippen LogP contribution in [0.1, 0.15) is 30.0 Å². The fraction of sp³-hybridized carbons (Fsp3) is 0.115. The molecule has 1 aliphatic rings. The van der Waals surface area contributed by atoms with Crippen LogP contribution in [-0.4, -0.2) is 21.1 Å². The lowest BCUT2D eigenvalue weighted by Crippen LogP contribution is -2.45. The summed E-state index contributed by atoms with van der Waals surface area (Å²) >= 11 is 12.3. The van der Waals surface area contributed by atoms with Crippen molar-refractivity contribution in [2.45, 2.75) is 19.5 Å². The highest BCUT2D eigenvalue weighted by atomic mass is 35.5. The molecule has 0 saturated carbocycles. The molecule has 1 aromatic heterocycles. The number of allylic oxidation sites excluding steroid dienone is 1. The highest BCUT2D eigenvalue weighted by Crippen LogP contribution is 2.38. The number of rotatable bonds is 5. The van der Waals surface area contributed by atoms with E-state index in [1.165, 1.54) is 0 Å². The van der Waals surface area contributed by atoms with Gasteiger partial charge >= 0.3 is 6.03 Å². The molecular weight excluding hydrogens is 471 g/mol. The quantitative estimate of drug-likeness (QED) is 0.336. The Bertz CT molecular complexity index is 1370. The van der Waals surface area contributed by atoms with E-state index in [-0.39, 0.29) is 6.03 Å². The van der Waals surface area contributed by atoms with Crippen LogP contribution in [-0.2, 0) is 6.54 Å². The summed E-state index contributed by atoms with van der Waals surface area (Å²) in [5.41, 5.74) is 4.03. The van der Waals surface area contributed by atoms with Crippen molar-refractivity contribution in [3.05, 3.63) is 112 Å². The van der Waals surface area contributed by atoms with Gasteiger partial charge in [-0.05, 0) is 42.3 Å². The third-order valence-electron chi connectivity index (χ3n) is 5.72. The van der Waals surface area contributed by atoms with Crippen molar-refractivity contribution in [1.82, 2.24) is 20.4 Å². The van der Waals surface area contributed by atoms with Gasteiger partial charge in [0.05, 0.1) is 18.2 Å². The van der Waals surface area contributed by atoms with E-state index in [1.54, 1.807) is 23.1 Å². The van der Waals surface area contributed by atoms with Crippen molar-refractivity contribution in [3.8, 4) is 11.4 Å². The molecule has 1 aliphatic heterocycles. The van der Waals surface area contributed by atoms with Crippen molar-refractivity contribution in [3.63, 3.8) is 0 Å². The Morgan fingerprint density at radius 1 is 0.971 bits per heavy atom. The maximum absolute atomic E-state index is 13.2. The van der Waals surface area contributed by atoms with Gasteiger partial charge in [-0.3, -0.25) is 4.90 Å². The molecule has 2 amide bonds. The molecule has 4 aromatic rings. The molecule has 6 nitrogen and oxygen atoms in total. The van der Waals surface area contributed by atoms with Crippen LogP contribution in [0.2, 0.25) is 10.0 Å². The fourth-order valence-electron chi connectivity index (χ4n) is 3.99.